The van der Waals surface area contributed by atoms with Crippen LogP contribution >= 0.6 is 11.3 Å². The maximum atomic E-state index is 12.1. The number of nitrogens with zero attached hydrogens (tertiary/aromatic N) is 2. The number of hydrogen-bond acceptors (Lipinski definition) is 5. The van der Waals surface area contributed by atoms with Crippen LogP contribution in [-0.2, 0) is 17.8 Å². The zero-order valence-electron chi connectivity index (χ0n) is 14.0. The van der Waals surface area contributed by atoms with Crippen molar-refractivity contribution in [3.63, 3.8) is 0 Å². The lowest BCUT2D eigenvalue weighted by Gasteiger charge is -2.25. The van der Waals surface area contributed by atoms with Crippen molar-refractivity contribution in [2.45, 2.75) is 32.2 Å². The van der Waals surface area contributed by atoms with E-state index in [0.29, 0.717) is 11.6 Å². The molecule has 2 aromatic rings. The Labute approximate surface area is 146 Å². The average Bonchev–Trinajstić information content (AvgIpc) is 3.03. The quantitative estimate of drug-likeness (QED) is 0.873. The lowest BCUT2D eigenvalue weighted by molar-refractivity contribution is -0.115. The highest BCUT2D eigenvalue weighted by molar-refractivity contribution is 7.13. The van der Waals surface area contributed by atoms with Gasteiger partial charge in [0.25, 0.3) is 0 Å². The molecule has 1 fully saturated rings. The summed E-state index contributed by atoms with van der Waals surface area (Å²) in [6.07, 6.45) is 4.22. The standard InChI is InChI=1S/C18H23N3O2S/c1-23-16-7-5-14(6-8-16)11-17(22)20-18-19-15(13-24-18)12-21-9-3-2-4-10-21/h5-8,13H,2-4,9-12H2,1H3,(H,19,20,22). The summed E-state index contributed by atoms with van der Waals surface area (Å²) in [5, 5.41) is 5.62. The molecule has 0 bridgehead atoms. The predicted octanol–water partition coefficient (Wildman–Crippen LogP) is 3.32. The number of anilines is 1. The van der Waals surface area contributed by atoms with Crippen LogP contribution in [0.1, 0.15) is 30.5 Å². The molecule has 0 atom stereocenters. The molecule has 0 aliphatic carbocycles. The van der Waals surface area contributed by atoms with Crippen LogP contribution < -0.4 is 10.1 Å². The normalized spacial score (nSPS) is 15.2. The summed E-state index contributed by atoms with van der Waals surface area (Å²) in [6.45, 7) is 3.18. The number of thiazole rings is 1. The number of likely N-dealkylation sites (tertiary alicyclic amines) is 1. The Morgan fingerprint density at radius 3 is 2.71 bits per heavy atom. The Hall–Kier alpha value is -1.92. The van der Waals surface area contributed by atoms with Gasteiger partial charge in [-0.25, -0.2) is 4.98 Å². The van der Waals surface area contributed by atoms with Gasteiger partial charge in [-0.2, -0.15) is 0 Å². The molecule has 3 rings (SSSR count). The Morgan fingerprint density at radius 1 is 1.25 bits per heavy atom. The molecule has 128 valence electrons. The molecular formula is C18H23N3O2S. The van der Waals surface area contributed by atoms with Crippen molar-refractivity contribution in [2.75, 3.05) is 25.5 Å². The van der Waals surface area contributed by atoms with E-state index in [2.05, 4.69) is 15.2 Å². The minimum Gasteiger partial charge on any atom is -0.497 e. The third kappa shape index (κ3) is 4.79. The molecule has 1 N–H and O–H groups in total. The lowest BCUT2D eigenvalue weighted by Crippen LogP contribution is -2.29. The van der Waals surface area contributed by atoms with Gasteiger partial charge in [-0.3, -0.25) is 9.69 Å². The highest BCUT2D eigenvalue weighted by Gasteiger charge is 2.13. The maximum Gasteiger partial charge on any atom is 0.230 e. The van der Waals surface area contributed by atoms with E-state index in [9.17, 15) is 4.79 Å². The number of aromatic nitrogens is 1. The molecule has 1 aromatic heterocycles. The van der Waals surface area contributed by atoms with Gasteiger partial charge in [0.15, 0.2) is 5.13 Å². The summed E-state index contributed by atoms with van der Waals surface area (Å²) in [6, 6.07) is 7.54. The first-order chi connectivity index (χ1) is 11.7. The predicted molar refractivity (Wildman–Crippen MR) is 96.6 cm³/mol. The minimum atomic E-state index is -0.0426. The van der Waals surface area contributed by atoms with Gasteiger partial charge in [0.05, 0.1) is 19.2 Å². The third-order valence-corrected chi connectivity index (χ3v) is 4.96. The van der Waals surface area contributed by atoms with E-state index in [4.69, 9.17) is 4.74 Å². The molecule has 1 aliphatic heterocycles. The molecule has 1 amide bonds. The van der Waals surface area contributed by atoms with E-state index in [1.54, 1.807) is 7.11 Å². The van der Waals surface area contributed by atoms with E-state index >= 15 is 0 Å². The van der Waals surface area contributed by atoms with Gasteiger partial charge in [0.2, 0.25) is 5.91 Å². The smallest absolute Gasteiger partial charge is 0.230 e. The van der Waals surface area contributed by atoms with Crippen LogP contribution in [0.15, 0.2) is 29.6 Å². The molecule has 6 heteroatoms. The molecule has 1 aliphatic rings. The van der Waals surface area contributed by atoms with E-state index in [1.165, 1.54) is 30.6 Å². The second kappa shape index (κ2) is 8.26. The first-order valence-electron chi connectivity index (χ1n) is 8.32. The van der Waals surface area contributed by atoms with Crippen LogP contribution in [0.2, 0.25) is 0 Å². The Kier molecular flexibility index (Phi) is 5.82. The number of carbonyl (C=O) groups is 1. The van der Waals surface area contributed by atoms with Crippen LogP contribution in [0, 0.1) is 0 Å². The van der Waals surface area contributed by atoms with Crippen LogP contribution in [0.4, 0.5) is 5.13 Å². The number of amides is 1. The summed E-state index contributed by atoms with van der Waals surface area (Å²) in [7, 11) is 1.63. The summed E-state index contributed by atoms with van der Waals surface area (Å²) >= 11 is 1.49. The minimum absolute atomic E-state index is 0.0426. The van der Waals surface area contributed by atoms with Gasteiger partial charge in [-0.15, -0.1) is 11.3 Å². The van der Waals surface area contributed by atoms with Gasteiger partial charge in [0, 0.05) is 11.9 Å². The first-order valence-corrected chi connectivity index (χ1v) is 9.20. The number of benzene rings is 1. The van der Waals surface area contributed by atoms with E-state index < -0.39 is 0 Å². The average molecular weight is 345 g/mol. The van der Waals surface area contributed by atoms with Crippen molar-refractivity contribution in [2.24, 2.45) is 0 Å². The fraction of sp³-hybridized carbons (Fsp3) is 0.444. The number of carbonyl (C=O) groups excluding carboxylic acids is 1. The lowest BCUT2D eigenvalue weighted by atomic mass is 10.1. The highest BCUT2D eigenvalue weighted by Crippen LogP contribution is 2.19. The van der Waals surface area contributed by atoms with Crippen molar-refractivity contribution < 1.29 is 9.53 Å². The number of piperidine rings is 1. The van der Waals surface area contributed by atoms with Crippen LogP contribution in [0.5, 0.6) is 5.75 Å². The second-order valence-electron chi connectivity index (χ2n) is 6.05. The summed E-state index contributed by atoms with van der Waals surface area (Å²) in [5.74, 6) is 0.750. The highest BCUT2D eigenvalue weighted by atomic mass is 32.1. The number of nitrogens with one attached hydrogen (secondary N) is 1. The van der Waals surface area contributed by atoms with Crippen LogP contribution in [0.3, 0.4) is 0 Å². The molecule has 2 heterocycles. The molecule has 5 nitrogen and oxygen atoms in total. The molecule has 24 heavy (non-hydrogen) atoms. The zero-order chi connectivity index (χ0) is 16.8. The van der Waals surface area contributed by atoms with Gasteiger partial charge < -0.3 is 10.1 Å². The molecule has 1 aromatic carbocycles. The molecule has 0 saturated carbocycles. The number of methoxy groups -OCH3 is 1. The van der Waals surface area contributed by atoms with Crippen LogP contribution in [-0.4, -0.2) is 36.0 Å². The van der Waals surface area contributed by atoms with Crippen LogP contribution in [0.25, 0.3) is 0 Å². The van der Waals surface area contributed by atoms with E-state index in [0.717, 1.165) is 36.6 Å². The van der Waals surface area contributed by atoms with E-state index in [1.807, 2.05) is 29.6 Å². The monoisotopic (exact) mass is 345 g/mol. The Morgan fingerprint density at radius 2 is 2.00 bits per heavy atom. The third-order valence-electron chi connectivity index (χ3n) is 4.16. The Bertz CT molecular complexity index is 663. The zero-order valence-corrected chi connectivity index (χ0v) is 14.8. The van der Waals surface area contributed by atoms with Crippen molar-refractivity contribution in [3.8, 4) is 5.75 Å². The largest absolute Gasteiger partial charge is 0.497 e. The maximum absolute atomic E-state index is 12.1. The molecular weight excluding hydrogens is 322 g/mol. The second-order valence-corrected chi connectivity index (χ2v) is 6.91. The number of rotatable bonds is 6. The molecule has 1 saturated heterocycles. The van der Waals surface area contributed by atoms with Crippen molar-refractivity contribution in [3.05, 3.63) is 40.9 Å². The topological polar surface area (TPSA) is 54.5 Å². The summed E-state index contributed by atoms with van der Waals surface area (Å²) in [4.78, 5) is 19.1. The van der Waals surface area contributed by atoms with Gasteiger partial charge in [0.1, 0.15) is 5.75 Å². The summed E-state index contributed by atoms with van der Waals surface area (Å²) < 4.78 is 5.12. The SMILES string of the molecule is COc1ccc(CC(=O)Nc2nc(CN3CCCCC3)cs2)cc1. The van der Waals surface area contributed by atoms with E-state index in [-0.39, 0.29) is 5.91 Å². The molecule has 0 unspecified atom stereocenters. The number of hydrogen-bond donors (Lipinski definition) is 1. The first kappa shape index (κ1) is 16.9. The molecule has 0 spiro atoms. The van der Waals surface area contributed by atoms with Crippen molar-refractivity contribution in [1.29, 1.82) is 0 Å². The fourth-order valence-corrected chi connectivity index (χ4v) is 3.59. The van der Waals surface area contributed by atoms with Gasteiger partial charge >= 0.3 is 0 Å². The van der Waals surface area contributed by atoms with Gasteiger partial charge in [-0.1, -0.05) is 18.6 Å². The van der Waals surface area contributed by atoms with Crippen molar-refractivity contribution in [1.82, 2.24) is 9.88 Å². The Balaban J connectivity index is 1.50. The van der Waals surface area contributed by atoms with Crippen molar-refractivity contribution >= 4 is 22.4 Å². The summed E-state index contributed by atoms with van der Waals surface area (Å²) in [5.41, 5.74) is 2.00. The molecule has 0 radical (unpaired) electrons. The van der Waals surface area contributed by atoms with Gasteiger partial charge in [-0.05, 0) is 43.6 Å². The fourth-order valence-electron chi connectivity index (χ4n) is 2.88. The number of ether oxygens (including phenoxy) is 1.